The average Bonchev–Trinajstić information content (AvgIpc) is 3.31. The Morgan fingerprint density at radius 3 is 2.85 bits per heavy atom. The molecule has 1 saturated carbocycles. The molecule has 0 N–H and O–H groups in total. The highest BCUT2D eigenvalue weighted by molar-refractivity contribution is 6.32. The molecular weight excluding hydrogens is 454 g/mol. The van der Waals surface area contributed by atoms with Gasteiger partial charge >= 0.3 is 5.97 Å². The lowest BCUT2D eigenvalue weighted by molar-refractivity contribution is -0.144. The maximum absolute atomic E-state index is 12.2. The molecule has 1 fully saturated rings. The predicted molar refractivity (Wildman–Crippen MR) is 130 cm³/mol. The Hall–Kier alpha value is -3.32. The van der Waals surface area contributed by atoms with Gasteiger partial charge < -0.3 is 18.6 Å². The lowest BCUT2D eigenvalue weighted by Gasteiger charge is -2.11. The number of nitrogens with zero attached hydrogens (tertiary/aromatic N) is 3. The number of carbonyl (C=O) groups is 1. The predicted octanol–water partition coefficient (Wildman–Crippen LogP) is 6.00. The SMILES string of the molecule is CCOC(=O)[C@@H]1C[C@H]1c1cn(C)c2c(-c3noc(-c4ccc(OC(C)C)c(Cl)c4)n3)cccc12. The number of rotatable bonds is 7. The van der Waals surface area contributed by atoms with Crippen molar-refractivity contribution in [2.75, 3.05) is 6.61 Å². The van der Waals surface area contributed by atoms with E-state index < -0.39 is 0 Å². The Morgan fingerprint density at radius 2 is 2.12 bits per heavy atom. The fourth-order valence-electron chi connectivity index (χ4n) is 4.46. The van der Waals surface area contributed by atoms with Gasteiger partial charge in [-0.05, 0) is 57.0 Å². The highest BCUT2D eigenvalue weighted by Gasteiger charge is 2.46. The lowest BCUT2D eigenvalue weighted by atomic mass is 10.0. The van der Waals surface area contributed by atoms with Crippen LogP contribution in [0.2, 0.25) is 5.02 Å². The van der Waals surface area contributed by atoms with E-state index in [-0.39, 0.29) is 23.9 Å². The summed E-state index contributed by atoms with van der Waals surface area (Å²) in [6, 6.07) is 11.5. The molecule has 7 nitrogen and oxygen atoms in total. The van der Waals surface area contributed by atoms with Crippen LogP contribution in [0.1, 0.15) is 38.7 Å². The highest BCUT2D eigenvalue weighted by Crippen LogP contribution is 2.51. The van der Waals surface area contributed by atoms with Crippen molar-refractivity contribution in [3.05, 3.63) is 53.2 Å². The molecule has 34 heavy (non-hydrogen) atoms. The summed E-state index contributed by atoms with van der Waals surface area (Å²) in [5.41, 5.74) is 3.72. The number of hydrogen-bond donors (Lipinski definition) is 0. The minimum absolute atomic E-state index is 0.0252. The van der Waals surface area contributed by atoms with Crippen LogP contribution in [0.3, 0.4) is 0 Å². The molecule has 8 heteroatoms. The van der Waals surface area contributed by atoms with E-state index in [1.165, 1.54) is 0 Å². The third-order valence-electron chi connectivity index (χ3n) is 6.02. The molecule has 4 aromatic rings. The number of fused-ring (bicyclic) bond motifs is 1. The van der Waals surface area contributed by atoms with Crippen LogP contribution in [0.4, 0.5) is 0 Å². The second-order valence-electron chi connectivity index (χ2n) is 8.83. The fourth-order valence-corrected chi connectivity index (χ4v) is 4.68. The first-order valence-corrected chi connectivity index (χ1v) is 11.8. The average molecular weight is 480 g/mol. The molecule has 2 aromatic carbocycles. The molecule has 176 valence electrons. The highest BCUT2D eigenvalue weighted by atomic mass is 35.5. The zero-order valence-corrected chi connectivity index (χ0v) is 20.3. The van der Waals surface area contributed by atoms with Crippen LogP contribution in [-0.2, 0) is 16.6 Å². The number of halogens is 1. The van der Waals surface area contributed by atoms with Gasteiger partial charge in [0.25, 0.3) is 5.89 Å². The van der Waals surface area contributed by atoms with Gasteiger partial charge in [-0.2, -0.15) is 4.98 Å². The molecular formula is C26H26ClN3O4. The van der Waals surface area contributed by atoms with Crippen LogP contribution in [-0.4, -0.2) is 33.4 Å². The summed E-state index contributed by atoms with van der Waals surface area (Å²) in [7, 11) is 1.99. The topological polar surface area (TPSA) is 79.4 Å². The van der Waals surface area contributed by atoms with Crippen molar-refractivity contribution in [2.45, 2.75) is 39.2 Å². The molecule has 2 heterocycles. The van der Waals surface area contributed by atoms with Crippen molar-refractivity contribution >= 4 is 28.5 Å². The van der Waals surface area contributed by atoms with Crippen LogP contribution in [0.15, 0.2) is 47.1 Å². The number of aromatic nitrogens is 3. The Labute approximate surface area is 202 Å². The van der Waals surface area contributed by atoms with E-state index in [4.69, 9.17) is 25.6 Å². The minimum Gasteiger partial charge on any atom is -0.489 e. The molecule has 5 rings (SSSR count). The molecule has 2 atom stereocenters. The van der Waals surface area contributed by atoms with E-state index in [0.717, 1.165) is 34.0 Å². The van der Waals surface area contributed by atoms with E-state index in [9.17, 15) is 4.79 Å². The summed E-state index contributed by atoms with van der Waals surface area (Å²) in [6.07, 6.45) is 2.93. The van der Waals surface area contributed by atoms with Crippen molar-refractivity contribution in [3.8, 4) is 28.6 Å². The van der Waals surface area contributed by atoms with Gasteiger partial charge in [0, 0.05) is 35.7 Å². The summed E-state index contributed by atoms with van der Waals surface area (Å²) in [5.74, 6) is 1.47. The Morgan fingerprint density at radius 1 is 1.29 bits per heavy atom. The summed E-state index contributed by atoms with van der Waals surface area (Å²) >= 11 is 6.39. The molecule has 0 saturated heterocycles. The molecule has 0 amide bonds. The standard InChI is InChI=1S/C26H26ClN3O4/c1-5-32-26(31)19-12-18(19)20-13-30(4)23-16(20)7-6-8-17(23)24-28-25(34-29-24)15-9-10-22(21(27)11-15)33-14(2)3/h6-11,13-14,18-19H,5,12H2,1-4H3/t18-,19-/m1/s1. The summed E-state index contributed by atoms with van der Waals surface area (Å²) in [6.45, 7) is 6.13. The second kappa shape index (κ2) is 8.80. The van der Waals surface area contributed by atoms with Crippen LogP contribution in [0, 0.1) is 5.92 Å². The summed E-state index contributed by atoms with van der Waals surface area (Å²) < 4.78 is 18.6. The second-order valence-corrected chi connectivity index (χ2v) is 9.24. The quantitative estimate of drug-likeness (QED) is 0.302. The van der Waals surface area contributed by atoms with E-state index in [1.807, 2.05) is 46.0 Å². The molecule has 1 aliphatic rings. The monoisotopic (exact) mass is 479 g/mol. The number of hydrogen-bond acceptors (Lipinski definition) is 6. The van der Waals surface area contributed by atoms with Crippen molar-refractivity contribution in [1.29, 1.82) is 0 Å². The molecule has 0 bridgehead atoms. The molecule has 1 aliphatic carbocycles. The van der Waals surface area contributed by atoms with Gasteiger partial charge in [0.2, 0.25) is 5.82 Å². The smallest absolute Gasteiger partial charge is 0.309 e. The zero-order valence-electron chi connectivity index (χ0n) is 19.5. The fraction of sp³-hybridized carbons (Fsp3) is 0.346. The molecule has 2 aromatic heterocycles. The lowest BCUT2D eigenvalue weighted by Crippen LogP contribution is -2.07. The first-order chi connectivity index (χ1) is 16.4. The van der Waals surface area contributed by atoms with Crippen LogP contribution in [0.5, 0.6) is 5.75 Å². The Bertz CT molecular complexity index is 1370. The maximum atomic E-state index is 12.2. The van der Waals surface area contributed by atoms with Crippen LogP contribution >= 0.6 is 11.6 Å². The maximum Gasteiger partial charge on any atom is 0.309 e. The van der Waals surface area contributed by atoms with Crippen molar-refractivity contribution in [2.24, 2.45) is 13.0 Å². The van der Waals surface area contributed by atoms with Crippen LogP contribution in [0.25, 0.3) is 33.7 Å². The van der Waals surface area contributed by atoms with E-state index in [2.05, 4.69) is 27.0 Å². The third-order valence-corrected chi connectivity index (χ3v) is 6.32. The van der Waals surface area contributed by atoms with Gasteiger partial charge in [0.15, 0.2) is 0 Å². The number of ether oxygens (including phenoxy) is 2. The van der Waals surface area contributed by atoms with Gasteiger partial charge in [-0.3, -0.25) is 4.79 Å². The number of para-hydroxylation sites is 1. The van der Waals surface area contributed by atoms with Crippen molar-refractivity contribution in [1.82, 2.24) is 14.7 Å². The van der Waals surface area contributed by atoms with Gasteiger partial charge in [0.05, 0.1) is 29.2 Å². The van der Waals surface area contributed by atoms with Gasteiger partial charge in [0.1, 0.15) is 5.75 Å². The van der Waals surface area contributed by atoms with Gasteiger partial charge in [-0.25, -0.2) is 0 Å². The van der Waals surface area contributed by atoms with E-state index in [0.29, 0.717) is 29.1 Å². The van der Waals surface area contributed by atoms with Gasteiger partial charge in [-0.15, -0.1) is 0 Å². The first kappa shape index (κ1) is 22.5. The van der Waals surface area contributed by atoms with E-state index in [1.54, 1.807) is 12.1 Å². The first-order valence-electron chi connectivity index (χ1n) is 11.4. The summed E-state index contributed by atoms with van der Waals surface area (Å²) in [5, 5.41) is 5.82. The van der Waals surface area contributed by atoms with Gasteiger partial charge in [-0.1, -0.05) is 28.9 Å². The molecule has 0 spiro atoms. The molecule has 0 radical (unpaired) electrons. The van der Waals surface area contributed by atoms with Crippen molar-refractivity contribution in [3.63, 3.8) is 0 Å². The zero-order chi connectivity index (χ0) is 24.0. The Balaban J connectivity index is 1.47. The normalized spacial score (nSPS) is 17.4. The number of carbonyl (C=O) groups excluding carboxylic acids is 1. The number of esters is 1. The third kappa shape index (κ3) is 4.05. The largest absolute Gasteiger partial charge is 0.489 e. The van der Waals surface area contributed by atoms with Crippen LogP contribution < -0.4 is 4.74 Å². The number of benzene rings is 2. The van der Waals surface area contributed by atoms with Crippen molar-refractivity contribution < 1.29 is 18.8 Å². The minimum atomic E-state index is -0.119. The number of aryl methyl sites for hydroxylation is 1. The summed E-state index contributed by atoms with van der Waals surface area (Å²) in [4.78, 5) is 16.8. The molecule has 0 unspecified atom stereocenters. The molecule has 0 aliphatic heterocycles. The Kier molecular flexibility index (Phi) is 5.81. The van der Waals surface area contributed by atoms with E-state index >= 15 is 0 Å².